The van der Waals surface area contributed by atoms with E-state index in [0.29, 0.717) is 0 Å². The largest absolute Gasteiger partial charge is 0.374 e. The zero-order valence-corrected chi connectivity index (χ0v) is 12.6. The Morgan fingerprint density at radius 1 is 1.05 bits per heavy atom. The van der Waals surface area contributed by atoms with E-state index < -0.39 is 0 Å². The van der Waals surface area contributed by atoms with Gasteiger partial charge in [-0.3, -0.25) is 9.97 Å². The molecule has 0 bridgehead atoms. The highest BCUT2D eigenvalue weighted by atomic mass is 35.5. The summed E-state index contributed by atoms with van der Waals surface area (Å²) < 4.78 is 0. The number of likely N-dealkylation sites (N-methyl/N-ethyl adjacent to an activating group) is 1. The number of pyridine rings is 2. The monoisotopic (exact) mass is 297 g/mol. The Hall–Kier alpha value is -2.13. The topological polar surface area (TPSA) is 29.0 Å². The molecule has 0 radical (unpaired) electrons. The maximum Gasteiger partial charge on any atom is 0.0723 e. The van der Waals surface area contributed by atoms with E-state index in [9.17, 15) is 0 Å². The van der Waals surface area contributed by atoms with Crippen LogP contribution < -0.4 is 4.90 Å². The highest BCUT2D eigenvalue weighted by Gasteiger charge is 2.07. The van der Waals surface area contributed by atoms with Gasteiger partial charge in [0.1, 0.15) is 0 Å². The summed E-state index contributed by atoms with van der Waals surface area (Å²) in [6, 6.07) is 11.9. The normalized spacial score (nSPS) is 10.8. The highest BCUT2D eigenvalue weighted by Crippen LogP contribution is 2.27. The summed E-state index contributed by atoms with van der Waals surface area (Å²) in [5.41, 5.74) is 3.40. The number of rotatable bonds is 4. The molecule has 0 saturated carbocycles. The molecule has 106 valence electrons. The lowest BCUT2D eigenvalue weighted by Crippen LogP contribution is -2.20. The first kappa shape index (κ1) is 13.8. The number of nitrogens with zero attached hydrogens (tertiary/aromatic N) is 3. The van der Waals surface area contributed by atoms with Crippen LogP contribution in [0.2, 0.25) is 5.02 Å². The summed E-state index contributed by atoms with van der Waals surface area (Å²) in [7, 11) is 2.09. The third kappa shape index (κ3) is 3.14. The fraction of sp³-hybridized carbons (Fsp3) is 0.176. The fourth-order valence-corrected chi connectivity index (χ4v) is 2.58. The zero-order valence-electron chi connectivity index (χ0n) is 11.8. The molecule has 2 heterocycles. The van der Waals surface area contributed by atoms with Crippen molar-refractivity contribution >= 4 is 28.2 Å². The molecule has 0 unspecified atom stereocenters. The molecule has 0 aliphatic carbocycles. The molecule has 0 saturated heterocycles. The zero-order chi connectivity index (χ0) is 14.7. The number of hydrogen-bond acceptors (Lipinski definition) is 3. The van der Waals surface area contributed by atoms with Crippen LogP contribution in [0.4, 0.5) is 5.69 Å². The molecule has 3 rings (SSSR count). The first-order chi connectivity index (χ1) is 10.2. The number of aromatic nitrogens is 2. The lowest BCUT2D eigenvalue weighted by atomic mass is 10.1. The first-order valence-corrected chi connectivity index (χ1v) is 7.26. The summed E-state index contributed by atoms with van der Waals surface area (Å²) >= 11 is 6.12. The van der Waals surface area contributed by atoms with E-state index in [1.165, 1.54) is 5.56 Å². The molecule has 2 aromatic heterocycles. The Balaban J connectivity index is 1.84. The van der Waals surface area contributed by atoms with Gasteiger partial charge in [0.15, 0.2) is 0 Å². The van der Waals surface area contributed by atoms with Crippen molar-refractivity contribution in [2.24, 2.45) is 0 Å². The standard InChI is InChI=1S/C17H16ClN3/c1-21(11-7-13-4-8-19-9-5-13)17-6-10-20-16-3-2-14(18)12-15(16)17/h2-6,8-10,12H,7,11H2,1H3. The smallest absolute Gasteiger partial charge is 0.0723 e. The fourth-order valence-electron chi connectivity index (χ4n) is 2.40. The molecule has 0 aliphatic heterocycles. The van der Waals surface area contributed by atoms with Gasteiger partial charge >= 0.3 is 0 Å². The van der Waals surface area contributed by atoms with Crippen LogP contribution in [0.1, 0.15) is 5.56 Å². The summed E-state index contributed by atoms with van der Waals surface area (Å²) in [5.74, 6) is 0. The van der Waals surface area contributed by atoms with Gasteiger partial charge in [0, 0.05) is 48.3 Å². The molecule has 3 aromatic rings. The van der Waals surface area contributed by atoms with E-state index in [1.807, 2.05) is 42.9 Å². The van der Waals surface area contributed by atoms with Gasteiger partial charge in [-0.2, -0.15) is 0 Å². The van der Waals surface area contributed by atoms with Gasteiger partial charge in [-0.1, -0.05) is 11.6 Å². The summed E-state index contributed by atoms with van der Waals surface area (Å²) in [6.45, 7) is 0.926. The molecule has 0 amide bonds. The van der Waals surface area contributed by atoms with E-state index >= 15 is 0 Å². The van der Waals surface area contributed by atoms with Crippen LogP contribution in [-0.4, -0.2) is 23.6 Å². The Labute approximate surface area is 129 Å². The van der Waals surface area contributed by atoms with E-state index in [-0.39, 0.29) is 0 Å². The van der Waals surface area contributed by atoms with Gasteiger partial charge in [-0.05, 0) is 48.4 Å². The highest BCUT2D eigenvalue weighted by molar-refractivity contribution is 6.31. The SMILES string of the molecule is CN(CCc1ccncc1)c1ccnc2ccc(Cl)cc12. The molecule has 21 heavy (non-hydrogen) atoms. The molecule has 1 aromatic carbocycles. The molecule has 0 aliphatic rings. The third-order valence-electron chi connectivity index (χ3n) is 3.58. The van der Waals surface area contributed by atoms with Crippen LogP contribution in [-0.2, 0) is 6.42 Å². The van der Waals surface area contributed by atoms with Gasteiger partial charge in [0.25, 0.3) is 0 Å². The van der Waals surface area contributed by atoms with Crippen molar-refractivity contribution in [2.45, 2.75) is 6.42 Å². The van der Waals surface area contributed by atoms with Gasteiger partial charge in [0.05, 0.1) is 5.52 Å². The second kappa shape index (κ2) is 6.10. The van der Waals surface area contributed by atoms with Crippen LogP contribution in [0.15, 0.2) is 55.0 Å². The van der Waals surface area contributed by atoms with E-state index in [1.54, 1.807) is 0 Å². The number of halogens is 1. The van der Waals surface area contributed by atoms with Crippen LogP contribution >= 0.6 is 11.6 Å². The van der Waals surface area contributed by atoms with Gasteiger partial charge in [-0.15, -0.1) is 0 Å². The molecule has 0 fully saturated rings. The third-order valence-corrected chi connectivity index (χ3v) is 3.81. The average Bonchev–Trinajstić information content (AvgIpc) is 2.53. The van der Waals surface area contributed by atoms with Crippen LogP contribution in [0, 0.1) is 0 Å². The summed E-state index contributed by atoms with van der Waals surface area (Å²) in [4.78, 5) is 10.7. The second-order valence-electron chi connectivity index (χ2n) is 5.02. The van der Waals surface area contributed by atoms with Crippen molar-refractivity contribution in [1.29, 1.82) is 0 Å². The predicted molar refractivity (Wildman–Crippen MR) is 88.0 cm³/mol. The Morgan fingerprint density at radius 2 is 1.86 bits per heavy atom. The van der Waals surface area contributed by atoms with E-state index in [4.69, 9.17) is 11.6 Å². The average molecular weight is 298 g/mol. The number of anilines is 1. The molecular formula is C17H16ClN3. The van der Waals surface area contributed by atoms with Gasteiger partial charge < -0.3 is 4.90 Å². The summed E-state index contributed by atoms with van der Waals surface area (Å²) in [5, 5.41) is 1.82. The maximum atomic E-state index is 6.12. The first-order valence-electron chi connectivity index (χ1n) is 6.88. The van der Waals surface area contributed by atoms with E-state index in [0.717, 1.165) is 34.6 Å². The Kier molecular flexibility index (Phi) is 4.02. The minimum absolute atomic E-state index is 0.735. The lowest BCUT2D eigenvalue weighted by molar-refractivity contribution is 0.877. The number of benzene rings is 1. The number of hydrogen-bond donors (Lipinski definition) is 0. The second-order valence-corrected chi connectivity index (χ2v) is 5.46. The molecule has 0 spiro atoms. The predicted octanol–water partition coefficient (Wildman–Crippen LogP) is 3.96. The van der Waals surface area contributed by atoms with Crippen LogP contribution in [0.25, 0.3) is 10.9 Å². The molecular weight excluding hydrogens is 282 g/mol. The van der Waals surface area contributed by atoms with Crippen molar-refractivity contribution < 1.29 is 0 Å². The van der Waals surface area contributed by atoms with Crippen molar-refractivity contribution in [3.8, 4) is 0 Å². The molecule has 4 heteroatoms. The molecule has 0 atom stereocenters. The van der Waals surface area contributed by atoms with E-state index in [2.05, 4.69) is 34.0 Å². The number of fused-ring (bicyclic) bond motifs is 1. The minimum atomic E-state index is 0.735. The van der Waals surface area contributed by atoms with Crippen LogP contribution in [0.5, 0.6) is 0 Å². The lowest BCUT2D eigenvalue weighted by Gasteiger charge is -2.21. The molecule has 3 nitrogen and oxygen atoms in total. The molecule has 0 N–H and O–H groups in total. The summed E-state index contributed by atoms with van der Waals surface area (Å²) in [6.07, 6.45) is 6.48. The maximum absolute atomic E-state index is 6.12. The van der Waals surface area contributed by atoms with Crippen molar-refractivity contribution in [3.63, 3.8) is 0 Å². The quantitative estimate of drug-likeness (QED) is 0.730. The van der Waals surface area contributed by atoms with Gasteiger partial charge in [-0.25, -0.2) is 0 Å². The minimum Gasteiger partial charge on any atom is -0.374 e. The Bertz CT molecular complexity index is 743. The Morgan fingerprint density at radius 3 is 2.67 bits per heavy atom. The van der Waals surface area contributed by atoms with Crippen molar-refractivity contribution in [3.05, 3.63) is 65.6 Å². The van der Waals surface area contributed by atoms with Crippen molar-refractivity contribution in [1.82, 2.24) is 9.97 Å². The van der Waals surface area contributed by atoms with Gasteiger partial charge in [0.2, 0.25) is 0 Å². The van der Waals surface area contributed by atoms with Crippen molar-refractivity contribution in [2.75, 3.05) is 18.5 Å². The van der Waals surface area contributed by atoms with Crippen LogP contribution in [0.3, 0.4) is 0 Å².